The Hall–Kier alpha value is -1.99. The molecule has 0 heterocycles. The number of hydrogen-bond acceptors (Lipinski definition) is 3. The van der Waals surface area contributed by atoms with Gasteiger partial charge in [-0.2, -0.15) is 5.26 Å². The van der Waals surface area contributed by atoms with E-state index in [-0.39, 0.29) is 0 Å². The molecule has 0 bridgehead atoms. The van der Waals surface area contributed by atoms with E-state index < -0.39 is 11.7 Å². The van der Waals surface area contributed by atoms with Gasteiger partial charge in [-0.15, -0.1) is 0 Å². The van der Waals surface area contributed by atoms with E-state index in [0.717, 1.165) is 5.56 Å². The molecule has 1 rings (SSSR count). The number of benzene rings is 1. The molecule has 0 fully saturated rings. The van der Waals surface area contributed by atoms with Crippen LogP contribution in [0.5, 0.6) is 0 Å². The third-order valence-corrected chi connectivity index (χ3v) is 2.75. The zero-order chi connectivity index (χ0) is 15.9. The van der Waals surface area contributed by atoms with Crippen molar-refractivity contribution >= 4 is 23.8 Å². The molecular weight excluding hydrogens is 288 g/mol. The van der Waals surface area contributed by atoms with Gasteiger partial charge in [0.15, 0.2) is 0 Å². The third-order valence-electron chi connectivity index (χ3n) is 2.40. The SMILES string of the molecule is CC(C)(C)OC(=O)NCCC=Cc1cc(C#N)ccc1Cl. The van der Waals surface area contributed by atoms with Crippen molar-refractivity contribution in [2.75, 3.05) is 6.54 Å². The van der Waals surface area contributed by atoms with Crippen LogP contribution in [0.1, 0.15) is 38.3 Å². The summed E-state index contributed by atoms with van der Waals surface area (Å²) in [5.41, 5.74) is 0.851. The quantitative estimate of drug-likeness (QED) is 0.850. The van der Waals surface area contributed by atoms with Gasteiger partial charge in [-0.3, -0.25) is 0 Å². The van der Waals surface area contributed by atoms with Crippen molar-refractivity contribution in [1.82, 2.24) is 5.32 Å². The molecule has 1 amide bonds. The van der Waals surface area contributed by atoms with Crippen LogP contribution in [-0.4, -0.2) is 18.2 Å². The molecule has 1 aromatic carbocycles. The third kappa shape index (κ3) is 6.82. The molecule has 4 nitrogen and oxygen atoms in total. The van der Waals surface area contributed by atoms with E-state index in [0.29, 0.717) is 23.6 Å². The highest BCUT2D eigenvalue weighted by Crippen LogP contribution is 2.18. The van der Waals surface area contributed by atoms with Crippen molar-refractivity contribution in [3.05, 3.63) is 40.4 Å². The normalized spacial score (nSPS) is 11.2. The lowest BCUT2D eigenvalue weighted by atomic mass is 10.1. The van der Waals surface area contributed by atoms with Crippen LogP contribution < -0.4 is 5.32 Å². The zero-order valence-electron chi connectivity index (χ0n) is 12.4. The van der Waals surface area contributed by atoms with E-state index in [9.17, 15) is 4.79 Å². The molecule has 1 N–H and O–H groups in total. The maximum atomic E-state index is 11.4. The minimum absolute atomic E-state index is 0.430. The summed E-state index contributed by atoms with van der Waals surface area (Å²) in [6.45, 7) is 5.92. The predicted molar refractivity (Wildman–Crippen MR) is 84.1 cm³/mol. The maximum Gasteiger partial charge on any atom is 0.407 e. The van der Waals surface area contributed by atoms with Gasteiger partial charge in [0.1, 0.15) is 5.60 Å². The summed E-state index contributed by atoms with van der Waals surface area (Å²) in [6, 6.07) is 7.15. The Labute approximate surface area is 130 Å². The molecule has 0 aliphatic rings. The first-order chi connectivity index (χ1) is 9.81. The Kier molecular flexibility index (Phi) is 6.26. The van der Waals surface area contributed by atoms with Gasteiger partial charge < -0.3 is 10.1 Å². The van der Waals surface area contributed by atoms with Gasteiger partial charge in [0.2, 0.25) is 0 Å². The maximum absolute atomic E-state index is 11.4. The number of nitrogens with one attached hydrogen (secondary N) is 1. The minimum atomic E-state index is -0.495. The van der Waals surface area contributed by atoms with E-state index in [4.69, 9.17) is 21.6 Å². The highest BCUT2D eigenvalue weighted by molar-refractivity contribution is 6.32. The number of carbonyl (C=O) groups excluding carboxylic acids is 1. The van der Waals surface area contributed by atoms with Crippen LogP contribution in [0.2, 0.25) is 5.02 Å². The van der Waals surface area contributed by atoms with Crippen LogP contribution in [-0.2, 0) is 4.74 Å². The first kappa shape index (κ1) is 17.1. The summed E-state index contributed by atoms with van der Waals surface area (Å²) in [7, 11) is 0. The lowest BCUT2D eigenvalue weighted by Gasteiger charge is -2.19. The van der Waals surface area contributed by atoms with E-state index in [1.807, 2.05) is 32.9 Å². The molecule has 0 radical (unpaired) electrons. The second-order valence-corrected chi connectivity index (χ2v) is 5.88. The van der Waals surface area contributed by atoms with Gasteiger partial charge in [0.25, 0.3) is 0 Å². The molecule has 0 unspecified atom stereocenters. The standard InChI is InChI=1S/C16H19ClN2O2/c1-16(2,3)21-15(20)19-9-5-4-6-13-10-12(11-18)7-8-14(13)17/h4,6-8,10H,5,9H2,1-3H3,(H,19,20). The van der Waals surface area contributed by atoms with E-state index >= 15 is 0 Å². The monoisotopic (exact) mass is 306 g/mol. The van der Waals surface area contributed by atoms with Crippen LogP contribution in [0.4, 0.5) is 4.79 Å². The number of nitriles is 1. The number of alkyl carbamates (subject to hydrolysis) is 1. The molecule has 0 saturated carbocycles. The van der Waals surface area contributed by atoms with Gasteiger partial charge in [-0.05, 0) is 51.0 Å². The molecule has 0 aliphatic heterocycles. The molecule has 0 aromatic heterocycles. The molecular formula is C16H19ClN2O2. The first-order valence-electron chi connectivity index (χ1n) is 6.65. The topological polar surface area (TPSA) is 62.1 Å². The Bertz CT molecular complexity index is 569. The van der Waals surface area contributed by atoms with Gasteiger partial charge in [0.05, 0.1) is 11.6 Å². The highest BCUT2D eigenvalue weighted by Gasteiger charge is 2.15. The van der Waals surface area contributed by atoms with Crippen molar-refractivity contribution in [3.63, 3.8) is 0 Å². The Morgan fingerprint density at radius 1 is 1.48 bits per heavy atom. The molecule has 0 aliphatic carbocycles. The number of halogens is 1. The molecule has 1 aromatic rings. The van der Waals surface area contributed by atoms with Crippen molar-refractivity contribution in [1.29, 1.82) is 5.26 Å². The number of rotatable bonds is 4. The summed E-state index contributed by atoms with van der Waals surface area (Å²) in [5.74, 6) is 0. The van der Waals surface area contributed by atoms with Crippen molar-refractivity contribution in [3.8, 4) is 6.07 Å². The van der Waals surface area contributed by atoms with Crippen molar-refractivity contribution in [2.24, 2.45) is 0 Å². The molecule has 0 atom stereocenters. The molecule has 5 heteroatoms. The fourth-order valence-electron chi connectivity index (χ4n) is 1.52. The molecule has 0 saturated heterocycles. The van der Waals surface area contributed by atoms with Crippen molar-refractivity contribution < 1.29 is 9.53 Å². The largest absolute Gasteiger partial charge is 0.444 e. The Morgan fingerprint density at radius 2 is 2.19 bits per heavy atom. The lowest BCUT2D eigenvalue weighted by molar-refractivity contribution is 0.0529. The number of ether oxygens (including phenoxy) is 1. The summed E-state index contributed by atoms with van der Waals surface area (Å²) >= 11 is 6.04. The average Bonchev–Trinajstić information content (AvgIpc) is 2.38. The summed E-state index contributed by atoms with van der Waals surface area (Å²) in [4.78, 5) is 11.4. The summed E-state index contributed by atoms with van der Waals surface area (Å²) < 4.78 is 5.12. The molecule has 0 spiro atoms. The second kappa shape index (κ2) is 7.70. The van der Waals surface area contributed by atoms with E-state index in [1.54, 1.807) is 18.2 Å². The number of carbonyl (C=O) groups is 1. The van der Waals surface area contributed by atoms with Crippen LogP contribution >= 0.6 is 11.6 Å². The van der Waals surface area contributed by atoms with Crippen LogP contribution in [0.15, 0.2) is 24.3 Å². The van der Waals surface area contributed by atoms with E-state index in [2.05, 4.69) is 11.4 Å². The van der Waals surface area contributed by atoms with Crippen molar-refractivity contribution in [2.45, 2.75) is 32.8 Å². The Morgan fingerprint density at radius 3 is 2.81 bits per heavy atom. The van der Waals surface area contributed by atoms with Gasteiger partial charge in [-0.25, -0.2) is 4.79 Å². The fourth-order valence-corrected chi connectivity index (χ4v) is 1.70. The number of hydrogen-bond donors (Lipinski definition) is 1. The molecule has 21 heavy (non-hydrogen) atoms. The van der Waals surface area contributed by atoms with Gasteiger partial charge in [0, 0.05) is 11.6 Å². The minimum Gasteiger partial charge on any atom is -0.444 e. The van der Waals surface area contributed by atoms with Crippen LogP contribution in [0.3, 0.4) is 0 Å². The zero-order valence-corrected chi connectivity index (χ0v) is 13.2. The summed E-state index contributed by atoms with van der Waals surface area (Å²) in [5, 5.41) is 12.1. The average molecular weight is 307 g/mol. The fraction of sp³-hybridized carbons (Fsp3) is 0.375. The molecule has 112 valence electrons. The van der Waals surface area contributed by atoms with Gasteiger partial charge >= 0.3 is 6.09 Å². The first-order valence-corrected chi connectivity index (χ1v) is 7.02. The number of amides is 1. The summed E-state index contributed by atoms with van der Waals surface area (Å²) in [6.07, 6.45) is 3.94. The number of nitrogens with zero attached hydrogens (tertiary/aromatic N) is 1. The smallest absolute Gasteiger partial charge is 0.407 e. The second-order valence-electron chi connectivity index (χ2n) is 5.47. The predicted octanol–water partition coefficient (Wildman–Crippen LogP) is 4.14. The van der Waals surface area contributed by atoms with E-state index in [1.165, 1.54) is 0 Å². The van der Waals surface area contributed by atoms with Crippen LogP contribution in [0.25, 0.3) is 6.08 Å². The lowest BCUT2D eigenvalue weighted by Crippen LogP contribution is -2.32. The van der Waals surface area contributed by atoms with Crippen LogP contribution in [0, 0.1) is 11.3 Å². The Balaban J connectivity index is 2.43. The van der Waals surface area contributed by atoms with Gasteiger partial charge in [-0.1, -0.05) is 23.8 Å². The highest BCUT2D eigenvalue weighted by atomic mass is 35.5.